The quantitative estimate of drug-likeness (QED) is 0.468. The molecule has 0 N–H and O–H groups in total. The summed E-state index contributed by atoms with van der Waals surface area (Å²) in [5, 5.41) is 0.780. The van der Waals surface area contributed by atoms with Crippen LogP contribution in [0.5, 0.6) is 0 Å². The van der Waals surface area contributed by atoms with E-state index in [4.69, 9.17) is 0 Å². The first-order valence-electron chi connectivity index (χ1n) is 8.64. The summed E-state index contributed by atoms with van der Waals surface area (Å²) < 4.78 is 2.08. The lowest BCUT2D eigenvalue weighted by Crippen LogP contribution is -2.08. The molecule has 23 heavy (non-hydrogen) atoms. The standard InChI is InChI=1S/C21H27NO/c1-3-4-5-6-7-8-9-10-11-14-18-17-21(23)19-15-12-13-16-20(19)22(18)2/h7-8,11-17H,3-6,9-10H2,1-2H3. The predicted molar refractivity (Wildman–Crippen MR) is 101 cm³/mol. The number of aryl methyl sites for hydroxylation is 1. The normalized spacial score (nSPS) is 11.9. The van der Waals surface area contributed by atoms with Gasteiger partial charge in [0.15, 0.2) is 5.43 Å². The molecule has 0 saturated heterocycles. The molecule has 2 rings (SSSR count). The van der Waals surface area contributed by atoms with Gasteiger partial charge in [0, 0.05) is 24.2 Å². The van der Waals surface area contributed by atoms with Crippen LogP contribution >= 0.6 is 0 Å². The molecule has 0 aliphatic carbocycles. The Bertz CT molecular complexity index is 737. The molecule has 1 aromatic heterocycles. The zero-order chi connectivity index (χ0) is 16.5. The third kappa shape index (κ3) is 4.95. The highest BCUT2D eigenvalue weighted by Crippen LogP contribution is 2.12. The lowest BCUT2D eigenvalue weighted by atomic mass is 10.1. The van der Waals surface area contributed by atoms with Crippen molar-refractivity contribution in [3.05, 3.63) is 64.5 Å². The fraction of sp³-hybridized carbons (Fsp3) is 0.381. The Kier molecular flexibility index (Phi) is 6.86. The summed E-state index contributed by atoms with van der Waals surface area (Å²) in [6.45, 7) is 2.23. The van der Waals surface area contributed by atoms with E-state index in [1.165, 1.54) is 25.7 Å². The van der Waals surface area contributed by atoms with Crippen LogP contribution in [0, 0.1) is 0 Å². The van der Waals surface area contributed by atoms with Gasteiger partial charge in [-0.2, -0.15) is 0 Å². The molecule has 0 radical (unpaired) electrons. The number of hydrogen-bond acceptors (Lipinski definition) is 1. The Balaban J connectivity index is 1.94. The van der Waals surface area contributed by atoms with Gasteiger partial charge in [0.1, 0.15) is 0 Å². The molecule has 1 aromatic carbocycles. The predicted octanol–water partition coefficient (Wildman–Crippen LogP) is 5.47. The van der Waals surface area contributed by atoms with E-state index in [0.717, 1.165) is 29.4 Å². The van der Waals surface area contributed by atoms with E-state index in [-0.39, 0.29) is 5.43 Å². The van der Waals surface area contributed by atoms with Gasteiger partial charge in [0.25, 0.3) is 0 Å². The second-order valence-corrected chi connectivity index (χ2v) is 5.96. The molecule has 2 aromatic rings. The van der Waals surface area contributed by atoms with Crippen LogP contribution in [0.25, 0.3) is 17.0 Å². The van der Waals surface area contributed by atoms with E-state index in [1.54, 1.807) is 6.07 Å². The van der Waals surface area contributed by atoms with E-state index >= 15 is 0 Å². The highest BCUT2D eigenvalue weighted by Gasteiger charge is 2.02. The van der Waals surface area contributed by atoms with Gasteiger partial charge in [0.05, 0.1) is 5.52 Å². The second kappa shape index (κ2) is 9.14. The smallest absolute Gasteiger partial charge is 0.190 e. The zero-order valence-electron chi connectivity index (χ0n) is 14.3. The summed E-state index contributed by atoms with van der Waals surface area (Å²) in [4.78, 5) is 12.2. The first-order chi connectivity index (χ1) is 11.2. The maximum absolute atomic E-state index is 12.2. The number of rotatable bonds is 8. The van der Waals surface area contributed by atoms with Crippen molar-refractivity contribution in [2.45, 2.75) is 45.4 Å². The number of hydrogen-bond donors (Lipinski definition) is 0. The molecular weight excluding hydrogens is 282 g/mol. The Hall–Kier alpha value is -2.09. The van der Waals surface area contributed by atoms with E-state index in [0.29, 0.717) is 0 Å². The topological polar surface area (TPSA) is 22.0 Å². The van der Waals surface area contributed by atoms with Gasteiger partial charge in [-0.25, -0.2) is 0 Å². The first-order valence-corrected chi connectivity index (χ1v) is 8.64. The molecule has 0 amide bonds. The van der Waals surface area contributed by atoms with Gasteiger partial charge in [-0.3, -0.25) is 4.79 Å². The fourth-order valence-corrected chi connectivity index (χ4v) is 2.73. The van der Waals surface area contributed by atoms with Crippen LogP contribution in [0.2, 0.25) is 0 Å². The Morgan fingerprint density at radius 1 is 1.00 bits per heavy atom. The van der Waals surface area contributed by atoms with Crippen molar-refractivity contribution in [2.75, 3.05) is 0 Å². The third-order valence-corrected chi connectivity index (χ3v) is 4.13. The molecule has 2 nitrogen and oxygen atoms in total. The Labute approximate surface area is 139 Å². The maximum atomic E-state index is 12.2. The lowest BCUT2D eigenvalue weighted by molar-refractivity contribution is 0.728. The van der Waals surface area contributed by atoms with Crippen molar-refractivity contribution >= 4 is 17.0 Å². The maximum Gasteiger partial charge on any atom is 0.190 e. The van der Waals surface area contributed by atoms with Crippen molar-refractivity contribution in [1.82, 2.24) is 4.57 Å². The molecule has 0 aliphatic heterocycles. The van der Waals surface area contributed by atoms with Gasteiger partial charge in [-0.05, 0) is 43.9 Å². The molecular formula is C21H27NO. The molecule has 122 valence electrons. The fourth-order valence-electron chi connectivity index (χ4n) is 2.73. The number of benzene rings is 1. The number of nitrogens with zero attached hydrogens (tertiary/aromatic N) is 1. The van der Waals surface area contributed by atoms with E-state index in [2.05, 4.69) is 35.8 Å². The summed E-state index contributed by atoms with van der Waals surface area (Å²) >= 11 is 0. The number of pyridine rings is 1. The van der Waals surface area contributed by atoms with Crippen LogP contribution in [-0.2, 0) is 7.05 Å². The van der Waals surface area contributed by atoms with Crippen LogP contribution in [0.3, 0.4) is 0 Å². The zero-order valence-corrected chi connectivity index (χ0v) is 14.3. The van der Waals surface area contributed by atoms with Gasteiger partial charge in [0.2, 0.25) is 0 Å². The molecule has 0 spiro atoms. The average molecular weight is 309 g/mol. The van der Waals surface area contributed by atoms with Gasteiger partial charge in [-0.15, -0.1) is 0 Å². The van der Waals surface area contributed by atoms with E-state index in [1.807, 2.05) is 31.3 Å². The van der Waals surface area contributed by atoms with Gasteiger partial charge < -0.3 is 4.57 Å². The number of allylic oxidation sites excluding steroid dienone is 3. The molecule has 1 heterocycles. The molecule has 0 bridgehead atoms. The van der Waals surface area contributed by atoms with Crippen LogP contribution in [0.4, 0.5) is 0 Å². The molecule has 0 atom stereocenters. The number of unbranched alkanes of at least 4 members (excludes halogenated alkanes) is 4. The minimum atomic E-state index is 0.0918. The molecule has 0 unspecified atom stereocenters. The van der Waals surface area contributed by atoms with Crippen LogP contribution in [-0.4, -0.2) is 4.57 Å². The van der Waals surface area contributed by atoms with Crippen LogP contribution < -0.4 is 5.43 Å². The molecule has 0 saturated carbocycles. The summed E-state index contributed by atoms with van der Waals surface area (Å²) in [5.41, 5.74) is 2.03. The van der Waals surface area contributed by atoms with Crippen molar-refractivity contribution in [1.29, 1.82) is 0 Å². The Morgan fingerprint density at radius 3 is 2.57 bits per heavy atom. The average Bonchev–Trinajstić information content (AvgIpc) is 2.57. The van der Waals surface area contributed by atoms with Crippen molar-refractivity contribution in [3.63, 3.8) is 0 Å². The number of fused-ring (bicyclic) bond motifs is 1. The summed E-state index contributed by atoms with van der Waals surface area (Å²) in [7, 11) is 2.01. The second-order valence-electron chi connectivity index (χ2n) is 5.96. The SMILES string of the molecule is CCCCCC=CCCC=Cc1cc(=O)c2ccccc2n1C. The van der Waals surface area contributed by atoms with E-state index in [9.17, 15) is 4.79 Å². The molecule has 2 heteroatoms. The lowest BCUT2D eigenvalue weighted by Gasteiger charge is -2.08. The number of aromatic nitrogens is 1. The van der Waals surface area contributed by atoms with E-state index < -0.39 is 0 Å². The minimum absolute atomic E-state index is 0.0918. The highest BCUT2D eigenvalue weighted by molar-refractivity contribution is 5.80. The first kappa shape index (κ1) is 17.3. The third-order valence-electron chi connectivity index (χ3n) is 4.13. The largest absolute Gasteiger partial charge is 0.344 e. The van der Waals surface area contributed by atoms with Gasteiger partial charge >= 0.3 is 0 Å². The van der Waals surface area contributed by atoms with Crippen molar-refractivity contribution in [2.24, 2.45) is 7.05 Å². The van der Waals surface area contributed by atoms with Crippen LogP contribution in [0.15, 0.2) is 53.4 Å². The highest BCUT2D eigenvalue weighted by atomic mass is 16.1. The Morgan fingerprint density at radius 2 is 1.74 bits per heavy atom. The summed E-state index contributed by atoms with van der Waals surface area (Å²) in [6, 6.07) is 9.48. The minimum Gasteiger partial charge on any atom is -0.344 e. The van der Waals surface area contributed by atoms with Crippen LogP contribution in [0.1, 0.15) is 51.1 Å². The molecule has 0 fully saturated rings. The summed E-state index contributed by atoms with van der Waals surface area (Å²) in [5.74, 6) is 0. The summed E-state index contributed by atoms with van der Waals surface area (Å²) in [6.07, 6.45) is 15.9. The van der Waals surface area contributed by atoms with Gasteiger partial charge in [-0.1, -0.05) is 50.1 Å². The van der Waals surface area contributed by atoms with Crippen molar-refractivity contribution < 1.29 is 0 Å². The molecule has 0 aliphatic rings. The van der Waals surface area contributed by atoms with Crippen molar-refractivity contribution in [3.8, 4) is 0 Å². The monoisotopic (exact) mass is 309 g/mol. The number of para-hydroxylation sites is 1.